The van der Waals surface area contributed by atoms with E-state index in [0.29, 0.717) is 18.4 Å². The normalized spacial score (nSPS) is 21.3. The van der Waals surface area contributed by atoms with Crippen molar-refractivity contribution >= 4 is 23.6 Å². The summed E-state index contributed by atoms with van der Waals surface area (Å²) >= 11 is 1.65. The first kappa shape index (κ1) is 15.4. The average Bonchev–Trinajstić information content (AvgIpc) is 2.50. The predicted molar refractivity (Wildman–Crippen MR) is 81.7 cm³/mol. The average molecular weight is 303 g/mol. The molecule has 1 aromatic rings. The molecular formula is C15H17N3O2S. The van der Waals surface area contributed by atoms with E-state index < -0.39 is 12.1 Å². The Bertz CT molecular complexity index is 565. The van der Waals surface area contributed by atoms with Crippen LogP contribution in [0.3, 0.4) is 0 Å². The summed E-state index contributed by atoms with van der Waals surface area (Å²) in [5.74, 6) is 0.561. The van der Waals surface area contributed by atoms with E-state index in [0.717, 1.165) is 11.3 Å². The minimum atomic E-state index is -0.545. The third-order valence-corrected chi connectivity index (χ3v) is 4.04. The van der Waals surface area contributed by atoms with Crippen LogP contribution in [-0.2, 0) is 16.0 Å². The highest BCUT2D eigenvalue weighted by atomic mass is 32.2. The number of carbonyl (C=O) groups excluding carboxylic acids is 2. The number of benzene rings is 1. The van der Waals surface area contributed by atoms with Gasteiger partial charge in [0, 0.05) is 6.42 Å². The van der Waals surface area contributed by atoms with Crippen molar-refractivity contribution in [2.45, 2.75) is 24.9 Å². The largest absolute Gasteiger partial charge is 0.342 e. The molecule has 1 aliphatic rings. The summed E-state index contributed by atoms with van der Waals surface area (Å²) in [7, 11) is 0. The van der Waals surface area contributed by atoms with Gasteiger partial charge in [-0.05, 0) is 36.1 Å². The molecule has 21 heavy (non-hydrogen) atoms. The zero-order valence-corrected chi connectivity index (χ0v) is 12.6. The number of piperazine rings is 1. The summed E-state index contributed by atoms with van der Waals surface area (Å²) in [6.07, 6.45) is 3.04. The van der Waals surface area contributed by atoms with Crippen LogP contribution in [0, 0.1) is 11.3 Å². The Morgan fingerprint density at radius 3 is 2.38 bits per heavy atom. The Balaban J connectivity index is 1.97. The number of hydrogen-bond donors (Lipinski definition) is 2. The van der Waals surface area contributed by atoms with Crippen LogP contribution in [0.2, 0.25) is 0 Å². The second-order valence-electron chi connectivity index (χ2n) is 4.92. The fraction of sp³-hybridized carbons (Fsp3) is 0.400. The van der Waals surface area contributed by atoms with Crippen molar-refractivity contribution in [3.05, 3.63) is 35.4 Å². The van der Waals surface area contributed by atoms with E-state index in [1.54, 1.807) is 36.0 Å². The van der Waals surface area contributed by atoms with Gasteiger partial charge in [0.15, 0.2) is 0 Å². The molecule has 1 saturated heterocycles. The Morgan fingerprint density at radius 2 is 1.76 bits per heavy atom. The highest BCUT2D eigenvalue weighted by molar-refractivity contribution is 7.98. The highest BCUT2D eigenvalue weighted by Gasteiger charge is 2.33. The number of nitrogens with one attached hydrogen (secondary N) is 2. The fourth-order valence-corrected chi connectivity index (χ4v) is 2.68. The Kier molecular flexibility index (Phi) is 5.23. The summed E-state index contributed by atoms with van der Waals surface area (Å²) in [6.45, 7) is 0. The van der Waals surface area contributed by atoms with Crippen molar-refractivity contribution in [2.75, 3.05) is 12.0 Å². The third-order valence-electron chi connectivity index (χ3n) is 3.40. The summed E-state index contributed by atoms with van der Waals surface area (Å²) < 4.78 is 0. The minimum absolute atomic E-state index is 0.123. The maximum atomic E-state index is 12.1. The van der Waals surface area contributed by atoms with Gasteiger partial charge in [0.1, 0.15) is 12.1 Å². The summed E-state index contributed by atoms with van der Waals surface area (Å²) in [5, 5.41) is 14.3. The van der Waals surface area contributed by atoms with Gasteiger partial charge < -0.3 is 10.6 Å². The molecule has 1 heterocycles. The number of thioether (sulfide) groups is 1. The van der Waals surface area contributed by atoms with Gasteiger partial charge in [0.05, 0.1) is 11.6 Å². The van der Waals surface area contributed by atoms with Crippen LogP contribution in [0.25, 0.3) is 0 Å². The molecule has 2 unspecified atom stereocenters. The van der Waals surface area contributed by atoms with E-state index in [2.05, 4.69) is 10.6 Å². The van der Waals surface area contributed by atoms with E-state index in [1.807, 2.05) is 12.3 Å². The maximum absolute atomic E-state index is 12.1. The lowest BCUT2D eigenvalue weighted by Crippen LogP contribution is -2.62. The second kappa shape index (κ2) is 7.14. The molecule has 5 nitrogen and oxygen atoms in total. The summed E-state index contributed by atoms with van der Waals surface area (Å²) in [6, 6.07) is 8.10. The second-order valence-corrected chi connectivity index (χ2v) is 5.90. The van der Waals surface area contributed by atoms with Gasteiger partial charge in [0.2, 0.25) is 11.8 Å². The molecule has 0 aromatic heterocycles. The topological polar surface area (TPSA) is 82.0 Å². The molecule has 1 aliphatic heterocycles. The van der Waals surface area contributed by atoms with Crippen molar-refractivity contribution in [3.63, 3.8) is 0 Å². The first-order valence-corrected chi connectivity index (χ1v) is 8.12. The lowest BCUT2D eigenvalue weighted by Gasteiger charge is -2.29. The maximum Gasteiger partial charge on any atom is 0.243 e. The van der Waals surface area contributed by atoms with Crippen molar-refractivity contribution in [1.82, 2.24) is 10.6 Å². The minimum Gasteiger partial charge on any atom is -0.342 e. The molecular weight excluding hydrogens is 286 g/mol. The van der Waals surface area contributed by atoms with Crippen molar-refractivity contribution in [3.8, 4) is 6.07 Å². The molecule has 110 valence electrons. The smallest absolute Gasteiger partial charge is 0.243 e. The van der Waals surface area contributed by atoms with Crippen LogP contribution in [0.15, 0.2) is 24.3 Å². The first-order chi connectivity index (χ1) is 10.1. The molecule has 2 atom stereocenters. The fourth-order valence-electron chi connectivity index (χ4n) is 2.21. The van der Waals surface area contributed by atoms with E-state index in [4.69, 9.17) is 5.26 Å². The molecule has 1 fully saturated rings. The third kappa shape index (κ3) is 3.99. The Labute approximate surface area is 128 Å². The Morgan fingerprint density at radius 1 is 1.14 bits per heavy atom. The standard InChI is InChI=1S/C15H17N3O2S/c1-21-7-6-12-14(19)18-13(15(20)17-12)8-10-2-4-11(9-16)5-3-10/h2-5,12-13H,6-8H2,1H3,(H,17,20)(H,18,19). The first-order valence-electron chi connectivity index (χ1n) is 6.72. The van der Waals surface area contributed by atoms with Gasteiger partial charge in [0.25, 0.3) is 0 Å². The SMILES string of the molecule is CSCCC1NC(=O)C(Cc2ccc(C#N)cc2)NC1=O. The van der Waals surface area contributed by atoms with Gasteiger partial charge in [-0.25, -0.2) is 0 Å². The van der Waals surface area contributed by atoms with Gasteiger partial charge in [-0.3, -0.25) is 9.59 Å². The van der Waals surface area contributed by atoms with Crippen LogP contribution in [0.4, 0.5) is 0 Å². The number of nitriles is 1. The number of amides is 2. The van der Waals surface area contributed by atoms with E-state index >= 15 is 0 Å². The predicted octanol–water partition coefficient (Wildman–Crippen LogP) is 0.837. The zero-order valence-electron chi connectivity index (χ0n) is 11.8. The molecule has 0 aliphatic carbocycles. The van der Waals surface area contributed by atoms with Gasteiger partial charge in [-0.15, -0.1) is 0 Å². The van der Waals surface area contributed by atoms with Crippen LogP contribution in [0.1, 0.15) is 17.5 Å². The van der Waals surface area contributed by atoms with Crippen LogP contribution in [0.5, 0.6) is 0 Å². The lowest BCUT2D eigenvalue weighted by molar-refractivity contribution is -0.136. The number of rotatable bonds is 5. The van der Waals surface area contributed by atoms with Crippen molar-refractivity contribution in [1.29, 1.82) is 5.26 Å². The molecule has 6 heteroatoms. The number of nitrogens with zero attached hydrogens (tertiary/aromatic N) is 1. The van der Waals surface area contributed by atoms with Crippen molar-refractivity contribution in [2.24, 2.45) is 0 Å². The number of carbonyl (C=O) groups is 2. The molecule has 0 bridgehead atoms. The van der Waals surface area contributed by atoms with E-state index in [-0.39, 0.29) is 11.8 Å². The van der Waals surface area contributed by atoms with Gasteiger partial charge in [-0.2, -0.15) is 17.0 Å². The van der Waals surface area contributed by atoms with Crippen molar-refractivity contribution < 1.29 is 9.59 Å². The monoisotopic (exact) mass is 303 g/mol. The molecule has 0 radical (unpaired) electrons. The van der Waals surface area contributed by atoms with Crippen LogP contribution < -0.4 is 10.6 Å². The van der Waals surface area contributed by atoms with Gasteiger partial charge in [-0.1, -0.05) is 12.1 Å². The van der Waals surface area contributed by atoms with Crippen LogP contribution >= 0.6 is 11.8 Å². The zero-order chi connectivity index (χ0) is 15.2. The highest BCUT2D eigenvalue weighted by Crippen LogP contribution is 2.11. The molecule has 0 spiro atoms. The molecule has 2 amide bonds. The van der Waals surface area contributed by atoms with Gasteiger partial charge >= 0.3 is 0 Å². The lowest BCUT2D eigenvalue weighted by atomic mass is 10.0. The van der Waals surface area contributed by atoms with E-state index in [9.17, 15) is 9.59 Å². The molecule has 2 N–H and O–H groups in total. The summed E-state index contributed by atoms with van der Waals surface area (Å²) in [5.41, 5.74) is 1.49. The quantitative estimate of drug-likeness (QED) is 0.844. The van der Waals surface area contributed by atoms with Crippen LogP contribution in [-0.4, -0.2) is 35.9 Å². The molecule has 2 rings (SSSR count). The number of hydrogen-bond acceptors (Lipinski definition) is 4. The molecule has 0 saturated carbocycles. The van der Waals surface area contributed by atoms with E-state index in [1.165, 1.54) is 0 Å². The molecule has 1 aromatic carbocycles. The Hall–Kier alpha value is -2.00. The summed E-state index contributed by atoms with van der Waals surface area (Å²) in [4.78, 5) is 24.0.